The molecule has 1 atom stereocenters. The molecule has 0 aliphatic carbocycles. The molecular weight excluding hydrogens is 338 g/mol. The number of halogens is 2. The molecule has 0 saturated heterocycles. The van der Waals surface area contributed by atoms with Crippen LogP contribution in [0.25, 0.3) is 5.70 Å². The maximum atomic E-state index is 13.8. The van der Waals surface area contributed by atoms with Crippen molar-refractivity contribution in [3.63, 3.8) is 0 Å². The second-order valence-corrected chi connectivity index (χ2v) is 6.24. The van der Waals surface area contributed by atoms with Gasteiger partial charge in [-0.25, -0.2) is 8.78 Å². The van der Waals surface area contributed by atoms with Gasteiger partial charge in [0.2, 0.25) is 0 Å². The molecule has 0 saturated carbocycles. The Morgan fingerprint density at radius 2 is 1.92 bits per heavy atom. The number of nitrogens with one attached hydrogen (secondary N) is 1. The summed E-state index contributed by atoms with van der Waals surface area (Å²) in [5.41, 5.74) is 1.76. The van der Waals surface area contributed by atoms with E-state index in [0.29, 0.717) is 5.76 Å². The molecule has 6 heteroatoms. The third-order valence-corrected chi connectivity index (χ3v) is 4.44. The van der Waals surface area contributed by atoms with E-state index in [2.05, 4.69) is 5.32 Å². The van der Waals surface area contributed by atoms with Crippen LogP contribution in [0, 0.1) is 18.6 Å². The van der Waals surface area contributed by atoms with E-state index in [1.807, 2.05) is 43.2 Å². The first-order valence-electron chi connectivity index (χ1n) is 8.31. The molecule has 0 amide bonds. The summed E-state index contributed by atoms with van der Waals surface area (Å²) in [4.78, 5) is 1.99. The molecule has 0 fully saturated rings. The van der Waals surface area contributed by atoms with Crippen LogP contribution in [-0.4, -0.2) is 11.1 Å². The van der Waals surface area contributed by atoms with E-state index in [1.54, 1.807) is 6.08 Å². The number of allylic oxidation sites excluding steroid dienone is 3. The highest BCUT2D eigenvalue weighted by atomic mass is 19.1. The summed E-state index contributed by atoms with van der Waals surface area (Å²) >= 11 is 0. The number of rotatable bonds is 4. The monoisotopic (exact) mass is 356 g/mol. The highest BCUT2D eigenvalue weighted by molar-refractivity contribution is 5.67. The lowest BCUT2D eigenvalue weighted by Crippen LogP contribution is -2.37. The molecule has 26 heavy (non-hydrogen) atoms. The van der Waals surface area contributed by atoms with Crippen LogP contribution in [0.15, 0.2) is 64.6 Å². The molecule has 1 aromatic carbocycles. The van der Waals surface area contributed by atoms with Gasteiger partial charge in [-0.15, -0.1) is 0 Å². The number of benzene rings is 1. The van der Waals surface area contributed by atoms with Crippen molar-refractivity contribution in [1.29, 1.82) is 0 Å². The van der Waals surface area contributed by atoms with Crippen molar-refractivity contribution >= 4 is 5.70 Å². The van der Waals surface area contributed by atoms with Crippen molar-refractivity contribution in [2.45, 2.75) is 26.6 Å². The van der Waals surface area contributed by atoms with Crippen molar-refractivity contribution in [3.05, 3.63) is 88.9 Å². The van der Waals surface area contributed by atoms with Crippen LogP contribution >= 0.6 is 0 Å². The Morgan fingerprint density at radius 3 is 2.62 bits per heavy atom. The van der Waals surface area contributed by atoms with Gasteiger partial charge in [0.1, 0.15) is 35.5 Å². The van der Waals surface area contributed by atoms with E-state index in [0.717, 1.165) is 22.9 Å². The van der Waals surface area contributed by atoms with Gasteiger partial charge in [-0.1, -0.05) is 6.07 Å². The number of nitrogens with zero attached hydrogens (tertiary/aromatic N) is 1. The molecule has 1 unspecified atom stereocenters. The van der Waals surface area contributed by atoms with E-state index >= 15 is 0 Å². The minimum atomic E-state index is -0.616. The second kappa shape index (κ2) is 6.37. The van der Waals surface area contributed by atoms with Gasteiger partial charge in [-0.2, -0.15) is 0 Å². The summed E-state index contributed by atoms with van der Waals surface area (Å²) in [7, 11) is 0. The fourth-order valence-electron chi connectivity index (χ4n) is 3.18. The summed E-state index contributed by atoms with van der Waals surface area (Å²) < 4.78 is 39.1. The molecule has 1 aromatic heterocycles. The standard InChI is InChI=1S/C20H18F2N2O2/c1-12-8-9-17(26-12)19-13(2)23-20-18(7-4-10-24(19)20)25-11-14-15(21)5-3-6-16(14)22/h3-10,20,23H,11H2,1-2H3. The molecule has 2 aliphatic rings. The van der Waals surface area contributed by atoms with Crippen LogP contribution in [0.5, 0.6) is 0 Å². The second-order valence-electron chi connectivity index (χ2n) is 6.24. The number of hydrogen-bond acceptors (Lipinski definition) is 4. The van der Waals surface area contributed by atoms with Crippen molar-refractivity contribution in [2.24, 2.45) is 0 Å². The Bertz CT molecular complexity index is 923. The Kier molecular flexibility index (Phi) is 4.03. The van der Waals surface area contributed by atoms with Gasteiger partial charge in [-0.05, 0) is 50.3 Å². The van der Waals surface area contributed by atoms with E-state index in [-0.39, 0.29) is 18.3 Å². The molecule has 4 nitrogen and oxygen atoms in total. The third-order valence-electron chi connectivity index (χ3n) is 4.44. The molecule has 3 heterocycles. The van der Waals surface area contributed by atoms with Gasteiger partial charge in [0.05, 0.1) is 5.56 Å². The van der Waals surface area contributed by atoms with Crippen LogP contribution in [0.2, 0.25) is 0 Å². The van der Waals surface area contributed by atoms with Crippen LogP contribution in [-0.2, 0) is 11.3 Å². The molecule has 0 spiro atoms. The van der Waals surface area contributed by atoms with Crippen LogP contribution in [0.4, 0.5) is 8.78 Å². The van der Waals surface area contributed by atoms with E-state index in [9.17, 15) is 8.78 Å². The van der Waals surface area contributed by atoms with E-state index < -0.39 is 11.6 Å². The van der Waals surface area contributed by atoms with Crippen LogP contribution < -0.4 is 5.32 Å². The Balaban J connectivity index is 1.54. The average molecular weight is 356 g/mol. The predicted octanol–water partition coefficient (Wildman–Crippen LogP) is 4.41. The zero-order chi connectivity index (χ0) is 18.3. The zero-order valence-electron chi connectivity index (χ0n) is 14.4. The van der Waals surface area contributed by atoms with Crippen molar-refractivity contribution in [3.8, 4) is 0 Å². The molecular formula is C20H18F2N2O2. The third kappa shape index (κ3) is 2.77. The van der Waals surface area contributed by atoms with E-state index in [4.69, 9.17) is 9.15 Å². The minimum absolute atomic E-state index is 0.0842. The van der Waals surface area contributed by atoms with Gasteiger partial charge in [-0.3, -0.25) is 0 Å². The largest absolute Gasteiger partial charge is 0.489 e. The SMILES string of the molecule is CC1=C(c2ccc(C)o2)N2C=CC=C(OCc3c(F)cccc3F)C2N1. The normalized spacial score (nSPS) is 18.7. The first kappa shape index (κ1) is 16.4. The maximum Gasteiger partial charge on any atom is 0.162 e. The summed E-state index contributed by atoms with van der Waals surface area (Å²) in [5, 5.41) is 3.34. The van der Waals surface area contributed by atoms with Gasteiger partial charge in [0.15, 0.2) is 11.9 Å². The summed E-state index contributed by atoms with van der Waals surface area (Å²) in [6.45, 7) is 3.66. The lowest BCUT2D eigenvalue weighted by atomic mass is 10.2. The van der Waals surface area contributed by atoms with Gasteiger partial charge in [0.25, 0.3) is 0 Å². The van der Waals surface area contributed by atoms with Crippen LogP contribution in [0.3, 0.4) is 0 Å². The lowest BCUT2D eigenvalue weighted by Gasteiger charge is -2.29. The predicted molar refractivity (Wildman–Crippen MR) is 93.2 cm³/mol. The summed E-state index contributed by atoms with van der Waals surface area (Å²) in [6.07, 6.45) is 5.25. The Hall–Kier alpha value is -3.02. The number of ether oxygens (including phenoxy) is 1. The van der Waals surface area contributed by atoms with Gasteiger partial charge in [0, 0.05) is 11.9 Å². The topological polar surface area (TPSA) is 37.6 Å². The number of fused-ring (bicyclic) bond motifs is 1. The molecule has 4 rings (SSSR count). The Morgan fingerprint density at radius 1 is 1.15 bits per heavy atom. The fourth-order valence-corrected chi connectivity index (χ4v) is 3.18. The summed E-state index contributed by atoms with van der Waals surface area (Å²) in [6, 6.07) is 7.60. The highest BCUT2D eigenvalue weighted by Crippen LogP contribution is 2.35. The molecule has 2 aliphatic heterocycles. The lowest BCUT2D eigenvalue weighted by molar-refractivity contribution is 0.145. The average Bonchev–Trinajstić information content (AvgIpc) is 3.17. The first-order valence-corrected chi connectivity index (χ1v) is 8.31. The molecule has 0 bridgehead atoms. The van der Waals surface area contributed by atoms with Crippen molar-refractivity contribution in [2.75, 3.05) is 0 Å². The molecule has 0 radical (unpaired) electrons. The molecule has 2 aromatic rings. The molecule has 1 N–H and O–H groups in total. The van der Waals surface area contributed by atoms with Gasteiger partial charge >= 0.3 is 0 Å². The van der Waals surface area contributed by atoms with Crippen molar-refractivity contribution in [1.82, 2.24) is 10.2 Å². The Labute approximate surface area is 150 Å². The highest BCUT2D eigenvalue weighted by Gasteiger charge is 2.35. The first-order chi connectivity index (χ1) is 12.5. The number of hydrogen-bond donors (Lipinski definition) is 1. The minimum Gasteiger partial charge on any atom is -0.489 e. The molecule has 134 valence electrons. The number of aryl methyl sites for hydroxylation is 1. The van der Waals surface area contributed by atoms with Crippen molar-refractivity contribution < 1.29 is 17.9 Å². The number of furan rings is 1. The zero-order valence-corrected chi connectivity index (χ0v) is 14.4. The van der Waals surface area contributed by atoms with Gasteiger partial charge < -0.3 is 19.4 Å². The fraction of sp³-hybridized carbons (Fsp3) is 0.200. The smallest absolute Gasteiger partial charge is 0.162 e. The van der Waals surface area contributed by atoms with Crippen LogP contribution in [0.1, 0.15) is 24.0 Å². The maximum absolute atomic E-state index is 13.8. The van der Waals surface area contributed by atoms with E-state index in [1.165, 1.54) is 18.2 Å². The summed E-state index contributed by atoms with van der Waals surface area (Å²) in [5.74, 6) is 0.920. The quantitative estimate of drug-likeness (QED) is 0.880.